The van der Waals surface area contributed by atoms with Gasteiger partial charge >= 0.3 is 0 Å². The SMILES string of the molecule is O=CN1CCN(C(=O)c2ccnc(N3CCN(c4ncccn4)CC3)n2)CC1. The summed E-state index contributed by atoms with van der Waals surface area (Å²) in [5.74, 6) is 1.16. The third-order valence-electron chi connectivity index (χ3n) is 5.01. The molecule has 0 atom stereocenters. The summed E-state index contributed by atoms with van der Waals surface area (Å²) in [7, 11) is 0. The molecular weight excluding hydrogens is 360 g/mol. The number of aromatic nitrogens is 4. The molecule has 0 saturated carbocycles. The predicted octanol–water partition coefficient (Wildman–Crippen LogP) is -0.493. The Morgan fingerprint density at radius 2 is 1.43 bits per heavy atom. The Labute approximate surface area is 162 Å². The van der Waals surface area contributed by atoms with Crippen LogP contribution in [0.4, 0.5) is 11.9 Å². The molecule has 10 nitrogen and oxygen atoms in total. The van der Waals surface area contributed by atoms with Gasteiger partial charge in [0.15, 0.2) is 0 Å². The third-order valence-corrected chi connectivity index (χ3v) is 5.01. The monoisotopic (exact) mass is 382 g/mol. The first-order valence-electron chi connectivity index (χ1n) is 9.33. The maximum Gasteiger partial charge on any atom is 0.272 e. The van der Waals surface area contributed by atoms with Crippen LogP contribution in [-0.4, -0.2) is 94.4 Å². The van der Waals surface area contributed by atoms with E-state index in [2.05, 4.69) is 29.7 Å². The minimum atomic E-state index is -0.120. The van der Waals surface area contributed by atoms with Gasteiger partial charge in [0.05, 0.1) is 0 Å². The summed E-state index contributed by atoms with van der Waals surface area (Å²) in [6.45, 7) is 5.13. The zero-order chi connectivity index (χ0) is 19.3. The van der Waals surface area contributed by atoms with Gasteiger partial charge in [0.25, 0.3) is 5.91 Å². The fourth-order valence-electron chi connectivity index (χ4n) is 3.37. The topological polar surface area (TPSA) is 98.7 Å². The number of anilines is 2. The highest BCUT2D eigenvalue weighted by molar-refractivity contribution is 5.92. The van der Waals surface area contributed by atoms with E-state index in [4.69, 9.17) is 0 Å². The van der Waals surface area contributed by atoms with E-state index in [9.17, 15) is 9.59 Å². The minimum Gasteiger partial charge on any atom is -0.342 e. The van der Waals surface area contributed by atoms with E-state index in [-0.39, 0.29) is 5.91 Å². The van der Waals surface area contributed by atoms with Crippen molar-refractivity contribution in [1.29, 1.82) is 0 Å². The van der Waals surface area contributed by atoms with Crippen LogP contribution in [0, 0.1) is 0 Å². The zero-order valence-electron chi connectivity index (χ0n) is 15.5. The van der Waals surface area contributed by atoms with Gasteiger partial charge in [0, 0.05) is 70.9 Å². The highest BCUT2D eigenvalue weighted by Crippen LogP contribution is 2.15. The Morgan fingerprint density at radius 3 is 2.07 bits per heavy atom. The van der Waals surface area contributed by atoms with Crippen LogP contribution in [0.1, 0.15) is 10.5 Å². The number of piperazine rings is 2. The van der Waals surface area contributed by atoms with Crippen LogP contribution in [0.3, 0.4) is 0 Å². The highest BCUT2D eigenvalue weighted by Gasteiger charge is 2.25. The first-order chi connectivity index (χ1) is 13.7. The number of carbonyl (C=O) groups is 2. The summed E-state index contributed by atoms with van der Waals surface area (Å²) in [6, 6.07) is 3.45. The van der Waals surface area contributed by atoms with Gasteiger partial charge in [-0.3, -0.25) is 9.59 Å². The second kappa shape index (κ2) is 8.15. The standard InChI is InChI=1S/C18H22N8O2/c27-14-23-6-8-24(9-7-23)16(28)15-2-5-21-18(22-15)26-12-10-25(11-13-26)17-19-3-1-4-20-17/h1-5,14H,6-13H2. The lowest BCUT2D eigenvalue weighted by molar-refractivity contribution is -0.119. The predicted molar refractivity (Wildman–Crippen MR) is 102 cm³/mol. The van der Waals surface area contributed by atoms with Gasteiger partial charge in [0.2, 0.25) is 18.3 Å². The number of rotatable bonds is 4. The number of hydrogen-bond donors (Lipinski definition) is 0. The Bertz CT molecular complexity index is 817. The smallest absolute Gasteiger partial charge is 0.272 e. The molecule has 4 heterocycles. The van der Waals surface area contributed by atoms with Gasteiger partial charge in [-0.15, -0.1) is 0 Å². The zero-order valence-corrected chi connectivity index (χ0v) is 15.5. The Balaban J connectivity index is 1.39. The van der Waals surface area contributed by atoms with Gasteiger partial charge in [-0.25, -0.2) is 19.9 Å². The molecule has 0 bridgehead atoms. The summed E-state index contributed by atoms with van der Waals surface area (Å²) in [4.78, 5) is 48.6. The molecule has 2 aromatic rings. The summed E-state index contributed by atoms with van der Waals surface area (Å²) in [6.07, 6.45) is 5.93. The molecule has 0 aliphatic carbocycles. The molecule has 2 aromatic heterocycles. The van der Waals surface area contributed by atoms with Crippen molar-refractivity contribution in [2.45, 2.75) is 0 Å². The first-order valence-corrected chi connectivity index (χ1v) is 9.33. The van der Waals surface area contributed by atoms with Gasteiger partial charge in [-0.1, -0.05) is 0 Å². The van der Waals surface area contributed by atoms with E-state index in [1.54, 1.807) is 40.5 Å². The van der Waals surface area contributed by atoms with Crippen molar-refractivity contribution in [2.24, 2.45) is 0 Å². The van der Waals surface area contributed by atoms with E-state index in [1.807, 2.05) is 0 Å². The second-order valence-electron chi connectivity index (χ2n) is 6.70. The van der Waals surface area contributed by atoms with Crippen LogP contribution in [0.15, 0.2) is 30.7 Å². The van der Waals surface area contributed by atoms with Crippen molar-refractivity contribution >= 4 is 24.2 Å². The molecular formula is C18H22N8O2. The quantitative estimate of drug-likeness (QED) is 0.653. The van der Waals surface area contributed by atoms with Crippen molar-refractivity contribution in [3.8, 4) is 0 Å². The Kier molecular flexibility index (Phi) is 5.27. The lowest BCUT2D eigenvalue weighted by atomic mass is 10.3. The largest absolute Gasteiger partial charge is 0.342 e. The van der Waals surface area contributed by atoms with E-state index in [0.717, 1.165) is 38.5 Å². The van der Waals surface area contributed by atoms with E-state index in [0.29, 0.717) is 37.8 Å². The van der Waals surface area contributed by atoms with Crippen molar-refractivity contribution in [3.05, 3.63) is 36.4 Å². The molecule has 2 saturated heterocycles. The second-order valence-corrected chi connectivity index (χ2v) is 6.70. The van der Waals surface area contributed by atoms with Crippen LogP contribution in [0.25, 0.3) is 0 Å². The van der Waals surface area contributed by atoms with Crippen LogP contribution in [0.5, 0.6) is 0 Å². The van der Waals surface area contributed by atoms with Gasteiger partial charge in [-0.2, -0.15) is 0 Å². The molecule has 0 spiro atoms. The molecule has 2 fully saturated rings. The maximum atomic E-state index is 12.8. The van der Waals surface area contributed by atoms with E-state index >= 15 is 0 Å². The molecule has 4 rings (SSSR count). The highest BCUT2D eigenvalue weighted by atomic mass is 16.2. The third kappa shape index (κ3) is 3.85. The molecule has 0 aromatic carbocycles. The normalized spacial score (nSPS) is 17.6. The molecule has 146 valence electrons. The van der Waals surface area contributed by atoms with Crippen molar-refractivity contribution in [1.82, 2.24) is 29.7 Å². The van der Waals surface area contributed by atoms with Gasteiger partial charge in [-0.05, 0) is 12.1 Å². The van der Waals surface area contributed by atoms with E-state index in [1.165, 1.54) is 0 Å². The lowest BCUT2D eigenvalue weighted by Gasteiger charge is -2.35. The number of nitrogens with zero attached hydrogens (tertiary/aromatic N) is 8. The summed E-state index contributed by atoms with van der Waals surface area (Å²) in [5.41, 5.74) is 0.387. The van der Waals surface area contributed by atoms with E-state index < -0.39 is 0 Å². The average molecular weight is 382 g/mol. The van der Waals surface area contributed by atoms with Crippen LogP contribution < -0.4 is 9.80 Å². The molecule has 2 amide bonds. The van der Waals surface area contributed by atoms with Gasteiger partial charge < -0.3 is 19.6 Å². The Morgan fingerprint density at radius 1 is 0.821 bits per heavy atom. The van der Waals surface area contributed by atoms with Crippen LogP contribution >= 0.6 is 0 Å². The molecule has 0 unspecified atom stereocenters. The van der Waals surface area contributed by atoms with Crippen molar-refractivity contribution in [3.63, 3.8) is 0 Å². The number of amides is 2. The molecule has 10 heteroatoms. The maximum absolute atomic E-state index is 12.8. The fraction of sp³-hybridized carbons (Fsp3) is 0.444. The summed E-state index contributed by atoms with van der Waals surface area (Å²) >= 11 is 0. The summed E-state index contributed by atoms with van der Waals surface area (Å²) < 4.78 is 0. The van der Waals surface area contributed by atoms with Crippen LogP contribution in [-0.2, 0) is 4.79 Å². The first kappa shape index (κ1) is 18.1. The van der Waals surface area contributed by atoms with Crippen molar-refractivity contribution < 1.29 is 9.59 Å². The fourth-order valence-corrected chi connectivity index (χ4v) is 3.37. The molecule has 2 aliphatic heterocycles. The molecule has 2 aliphatic rings. The Hall–Kier alpha value is -3.30. The number of hydrogen-bond acceptors (Lipinski definition) is 8. The van der Waals surface area contributed by atoms with Crippen LogP contribution in [0.2, 0.25) is 0 Å². The molecule has 0 radical (unpaired) electrons. The average Bonchev–Trinajstić information content (AvgIpc) is 2.79. The summed E-state index contributed by atoms with van der Waals surface area (Å²) in [5, 5.41) is 0. The molecule has 28 heavy (non-hydrogen) atoms. The number of carbonyl (C=O) groups excluding carboxylic acids is 2. The minimum absolute atomic E-state index is 0.120. The lowest BCUT2D eigenvalue weighted by Crippen LogP contribution is -2.49. The van der Waals surface area contributed by atoms with Gasteiger partial charge in [0.1, 0.15) is 5.69 Å². The van der Waals surface area contributed by atoms with Crippen molar-refractivity contribution in [2.75, 3.05) is 62.2 Å². The molecule has 0 N–H and O–H groups in total.